The van der Waals surface area contributed by atoms with Gasteiger partial charge >= 0.3 is 0 Å². The van der Waals surface area contributed by atoms with E-state index >= 15 is 0 Å². The van der Waals surface area contributed by atoms with Gasteiger partial charge in [0.25, 0.3) is 0 Å². The van der Waals surface area contributed by atoms with Crippen LogP contribution in [0.25, 0.3) is 33.4 Å². The molecule has 4 atom stereocenters. The van der Waals surface area contributed by atoms with Crippen molar-refractivity contribution in [1.82, 2.24) is 0 Å². The van der Waals surface area contributed by atoms with Crippen molar-refractivity contribution in [3.05, 3.63) is 356 Å². The molecule has 11 aromatic carbocycles. The Kier molecular flexibility index (Phi) is 10.4. The third kappa shape index (κ3) is 7.15. The van der Waals surface area contributed by atoms with Crippen LogP contribution in [0.5, 0.6) is 0 Å². The summed E-state index contributed by atoms with van der Waals surface area (Å²) in [5.41, 5.74) is 28.5. The van der Waals surface area contributed by atoms with Crippen LogP contribution in [0.4, 0.5) is 0 Å². The fraction of sp³-hybridized carbons (Fsp3) is 0.0685. The molecule has 0 saturated heterocycles. The van der Waals surface area contributed by atoms with E-state index < -0.39 is 0 Å². The molecule has 0 saturated carbocycles. The van der Waals surface area contributed by atoms with Gasteiger partial charge in [0.05, 0.1) is 0 Å². The van der Waals surface area contributed by atoms with E-state index in [2.05, 4.69) is 273 Å². The second-order valence-corrected chi connectivity index (χ2v) is 20.1. The maximum absolute atomic E-state index is 5.91. The summed E-state index contributed by atoms with van der Waals surface area (Å²) in [6.45, 7) is 0. The summed E-state index contributed by atoms with van der Waals surface area (Å²) in [7, 11) is 0. The van der Waals surface area contributed by atoms with E-state index in [1.165, 1.54) is 117 Å². The average molecular weight is 927 g/mol. The molecular weight excluding hydrogens is 877 g/mol. The van der Waals surface area contributed by atoms with E-state index in [1.807, 2.05) is 0 Å². The Hall–Kier alpha value is -9.02. The maximum Gasteiger partial charge on any atom is 0.0352 e. The van der Waals surface area contributed by atoms with E-state index in [0.29, 0.717) is 0 Å². The van der Waals surface area contributed by atoms with Crippen LogP contribution in [0.1, 0.15) is 119 Å². The standard InChI is InChI=1S/C73H50/c1-2-47-32-34-53(35-33-47)69-60-31-19-18-30-58(60)59-39-37-56(44-63(59)69)71-65-43-55(68(50-24-12-5-13-25-50)51-26-14-6-15-27-51)38-41-62(65)72-61-40-36-54(48-20-8-3-9-21-48)42-64(61)70(52-28-16-7-17-29-52)66-45-57(46-67(71)73(66)72)49-22-10-4-11-23-49/h1,3-46,68-72H. The van der Waals surface area contributed by atoms with Crippen molar-refractivity contribution in [1.29, 1.82) is 0 Å². The van der Waals surface area contributed by atoms with Gasteiger partial charge in [-0.25, -0.2) is 0 Å². The highest BCUT2D eigenvalue weighted by Crippen LogP contribution is 2.59. The van der Waals surface area contributed by atoms with Crippen molar-refractivity contribution in [3.8, 4) is 45.7 Å². The number of fused-ring (bicyclic) bond motifs is 7. The maximum atomic E-state index is 5.91. The highest BCUT2D eigenvalue weighted by molar-refractivity contribution is 5.83. The van der Waals surface area contributed by atoms with Gasteiger partial charge in [-0.3, -0.25) is 0 Å². The second kappa shape index (κ2) is 17.7. The van der Waals surface area contributed by atoms with Crippen molar-refractivity contribution in [2.45, 2.75) is 29.6 Å². The average Bonchev–Trinajstić information content (AvgIpc) is 3.80. The first-order valence-corrected chi connectivity index (χ1v) is 25.7. The fourth-order valence-corrected chi connectivity index (χ4v) is 13.1. The van der Waals surface area contributed by atoms with Gasteiger partial charge in [0.1, 0.15) is 0 Å². The molecular formula is C73H50. The first-order valence-electron chi connectivity index (χ1n) is 25.7. The molecule has 73 heavy (non-hydrogen) atoms. The number of hydrogen-bond donors (Lipinski definition) is 0. The molecule has 0 nitrogen and oxygen atoms in total. The third-order valence-electron chi connectivity index (χ3n) is 16.2. The molecule has 3 aliphatic rings. The molecule has 0 spiro atoms. The fourth-order valence-electron chi connectivity index (χ4n) is 13.1. The lowest BCUT2D eigenvalue weighted by Crippen LogP contribution is -2.28. The first kappa shape index (κ1) is 42.8. The summed E-state index contributed by atoms with van der Waals surface area (Å²) in [5.74, 6) is 2.92. The smallest absolute Gasteiger partial charge is 0.0352 e. The van der Waals surface area contributed by atoms with Gasteiger partial charge in [0, 0.05) is 35.2 Å². The predicted molar refractivity (Wildman–Crippen MR) is 301 cm³/mol. The number of benzene rings is 11. The molecule has 4 unspecified atom stereocenters. The van der Waals surface area contributed by atoms with Gasteiger partial charge in [0.15, 0.2) is 0 Å². The molecule has 0 radical (unpaired) electrons. The summed E-state index contributed by atoms with van der Waals surface area (Å²) >= 11 is 0. The Morgan fingerprint density at radius 3 is 1.40 bits per heavy atom. The van der Waals surface area contributed by atoms with Gasteiger partial charge < -0.3 is 0 Å². The Bertz CT molecular complexity index is 3860. The SMILES string of the molecule is C#Cc1ccc(C2c3ccccc3-c3ccc(C4c5cc(C(c6ccccc6)c6ccccc6)ccc5C5c6ccc(-c7ccccc7)cc6C(c6ccccc6)c6cc(-c7ccccc7)cc4c65)cc32)cc1. The molecule has 0 N–H and O–H groups in total. The minimum Gasteiger partial charge on any atom is -0.115 e. The lowest BCUT2D eigenvalue weighted by Gasteiger charge is -2.43. The van der Waals surface area contributed by atoms with Crippen molar-refractivity contribution in [2.75, 3.05) is 0 Å². The topological polar surface area (TPSA) is 0 Å². The summed E-state index contributed by atoms with van der Waals surface area (Å²) in [4.78, 5) is 0. The Labute approximate surface area is 429 Å². The molecule has 342 valence electrons. The van der Waals surface area contributed by atoms with Crippen LogP contribution in [0, 0.1) is 12.3 Å². The first-order chi connectivity index (χ1) is 36.2. The zero-order valence-electron chi connectivity index (χ0n) is 40.4. The van der Waals surface area contributed by atoms with Crippen LogP contribution in [0.3, 0.4) is 0 Å². The third-order valence-corrected chi connectivity index (χ3v) is 16.2. The zero-order valence-corrected chi connectivity index (χ0v) is 40.4. The molecule has 0 amide bonds. The lowest BCUT2D eigenvalue weighted by molar-refractivity contribution is 0.751. The Morgan fingerprint density at radius 2 is 0.753 bits per heavy atom. The largest absolute Gasteiger partial charge is 0.115 e. The highest BCUT2D eigenvalue weighted by Gasteiger charge is 2.44. The Balaban J connectivity index is 1.07. The summed E-state index contributed by atoms with van der Waals surface area (Å²) in [6, 6.07) is 100. The molecule has 0 aliphatic heterocycles. The quantitative estimate of drug-likeness (QED) is 0.105. The number of terminal acetylenes is 1. The van der Waals surface area contributed by atoms with Crippen molar-refractivity contribution < 1.29 is 0 Å². The minimum absolute atomic E-state index is 0.0143. The molecule has 11 aromatic rings. The van der Waals surface area contributed by atoms with E-state index in [1.54, 1.807) is 0 Å². The van der Waals surface area contributed by atoms with Crippen LogP contribution in [0.2, 0.25) is 0 Å². The predicted octanol–water partition coefficient (Wildman–Crippen LogP) is 17.5. The van der Waals surface area contributed by atoms with Gasteiger partial charge in [-0.1, -0.05) is 243 Å². The Morgan fingerprint density at radius 1 is 0.274 bits per heavy atom. The molecule has 0 heterocycles. The summed E-state index contributed by atoms with van der Waals surface area (Å²) < 4.78 is 0. The normalized spacial score (nSPS) is 16.6. The molecule has 14 rings (SSSR count). The van der Waals surface area contributed by atoms with Gasteiger partial charge in [-0.15, -0.1) is 6.42 Å². The van der Waals surface area contributed by atoms with E-state index in [-0.39, 0.29) is 29.6 Å². The molecule has 0 fully saturated rings. The minimum atomic E-state index is -0.0733. The van der Waals surface area contributed by atoms with Gasteiger partial charge in [-0.2, -0.15) is 0 Å². The van der Waals surface area contributed by atoms with Gasteiger partial charge in [-0.05, 0) is 147 Å². The van der Waals surface area contributed by atoms with E-state index in [0.717, 1.165) is 5.56 Å². The summed E-state index contributed by atoms with van der Waals surface area (Å²) in [6.07, 6.45) is 5.91. The molecule has 0 aromatic heterocycles. The second-order valence-electron chi connectivity index (χ2n) is 20.1. The van der Waals surface area contributed by atoms with E-state index in [9.17, 15) is 0 Å². The van der Waals surface area contributed by atoms with Crippen molar-refractivity contribution >= 4 is 0 Å². The molecule has 0 heteroatoms. The molecule has 0 bridgehead atoms. The van der Waals surface area contributed by atoms with Crippen molar-refractivity contribution in [3.63, 3.8) is 0 Å². The number of rotatable bonds is 8. The molecule has 3 aliphatic carbocycles. The zero-order chi connectivity index (χ0) is 48.4. The number of hydrogen-bond acceptors (Lipinski definition) is 0. The van der Waals surface area contributed by atoms with Crippen LogP contribution >= 0.6 is 0 Å². The van der Waals surface area contributed by atoms with Crippen molar-refractivity contribution in [2.24, 2.45) is 0 Å². The summed E-state index contributed by atoms with van der Waals surface area (Å²) in [5, 5.41) is 0. The lowest BCUT2D eigenvalue weighted by atomic mass is 9.59. The van der Waals surface area contributed by atoms with Crippen LogP contribution in [-0.4, -0.2) is 0 Å². The van der Waals surface area contributed by atoms with Crippen LogP contribution in [-0.2, 0) is 0 Å². The highest BCUT2D eigenvalue weighted by atomic mass is 14.5. The van der Waals surface area contributed by atoms with Gasteiger partial charge in [0.2, 0.25) is 0 Å². The monoisotopic (exact) mass is 926 g/mol. The van der Waals surface area contributed by atoms with Crippen LogP contribution < -0.4 is 0 Å². The van der Waals surface area contributed by atoms with E-state index in [4.69, 9.17) is 6.42 Å². The van der Waals surface area contributed by atoms with Crippen LogP contribution in [0.15, 0.2) is 267 Å².